The van der Waals surface area contributed by atoms with Crippen LogP contribution in [0.2, 0.25) is 0 Å². The first-order valence-electron chi connectivity index (χ1n) is 3.69. The van der Waals surface area contributed by atoms with E-state index in [0.29, 0.717) is 6.61 Å². The summed E-state index contributed by atoms with van der Waals surface area (Å²) in [5.74, 6) is -1.00. The summed E-state index contributed by atoms with van der Waals surface area (Å²) in [4.78, 5) is 11.0. The predicted molar refractivity (Wildman–Crippen MR) is 40.6 cm³/mol. The van der Waals surface area contributed by atoms with Crippen molar-refractivity contribution in [1.29, 1.82) is 5.26 Å². The quantitative estimate of drug-likeness (QED) is 0.578. The van der Waals surface area contributed by atoms with Crippen LogP contribution in [0.15, 0.2) is 0 Å². The van der Waals surface area contributed by atoms with Crippen LogP contribution in [0, 0.1) is 23.2 Å². The lowest BCUT2D eigenvalue weighted by Crippen LogP contribution is -2.20. The molecule has 0 radical (unpaired) electrons. The van der Waals surface area contributed by atoms with Crippen LogP contribution >= 0.6 is 0 Å². The number of hydrogen-bond donors (Lipinski definition) is 0. The van der Waals surface area contributed by atoms with Gasteiger partial charge in [0.05, 0.1) is 12.7 Å². The average molecular weight is 155 g/mol. The fourth-order valence-electron chi connectivity index (χ4n) is 0.706. The highest BCUT2D eigenvalue weighted by molar-refractivity contribution is 5.75. The van der Waals surface area contributed by atoms with E-state index in [1.807, 2.05) is 19.9 Å². The van der Waals surface area contributed by atoms with Crippen molar-refractivity contribution in [2.45, 2.75) is 20.8 Å². The van der Waals surface area contributed by atoms with Gasteiger partial charge in [0, 0.05) is 0 Å². The Hall–Kier alpha value is -1.04. The van der Waals surface area contributed by atoms with Gasteiger partial charge in [0.15, 0.2) is 0 Å². The maximum atomic E-state index is 11.0. The van der Waals surface area contributed by atoms with Crippen LogP contribution in [0.25, 0.3) is 0 Å². The zero-order valence-corrected chi connectivity index (χ0v) is 7.13. The van der Waals surface area contributed by atoms with Crippen LogP contribution in [-0.4, -0.2) is 12.6 Å². The van der Waals surface area contributed by atoms with Crippen LogP contribution in [0.4, 0.5) is 0 Å². The molecule has 0 bridgehead atoms. The van der Waals surface area contributed by atoms with Gasteiger partial charge in [0.1, 0.15) is 5.92 Å². The summed E-state index contributed by atoms with van der Waals surface area (Å²) in [7, 11) is 0. The third-order valence-electron chi connectivity index (χ3n) is 1.35. The van der Waals surface area contributed by atoms with Crippen molar-refractivity contribution in [3.63, 3.8) is 0 Å². The van der Waals surface area contributed by atoms with Gasteiger partial charge in [-0.25, -0.2) is 0 Å². The summed E-state index contributed by atoms with van der Waals surface area (Å²) < 4.78 is 4.69. The van der Waals surface area contributed by atoms with Crippen LogP contribution in [0.3, 0.4) is 0 Å². The molecular formula is C8H13NO2. The molecule has 0 aromatic rings. The van der Waals surface area contributed by atoms with E-state index in [9.17, 15) is 4.79 Å². The van der Waals surface area contributed by atoms with Crippen molar-refractivity contribution in [3.8, 4) is 6.07 Å². The molecule has 0 aliphatic rings. The molecule has 0 spiro atoms. The molecule has 0 heterocycles. The fourth-order valence-corrected chi connectivity index (χ4v) is 0.706. The SMILES string of the molecule is CCOC(=O)[C@H](C#N)C(C)C. The number of hydrogen-bond acceptors (Lipinski definition) is 3. The molecule has 0 fully saturated rings. The molecule has 0 aromatic heterocycles. The lowest BCUT2D eigenvalue weighted by molar-refractivity contribution is -0.147. The monoisotopic (exact) mass is 155 g/mol. The Morgan fingerprint density at radius 2 is 2.18 bits per heavy atom. The summed E-state index contributed by atoms with van der Waals surface area (Å²) >= 11 is 0. The summed E-state index contributed by atoms with van der Waals surface area (Å²) in [6, 6.07) is 1.91. The maximum Gasteiger partial charge on any atom is 0.323 e. The molecular weight excluding hydrogens is 142 g/mol. The molecule has 1 atom stereocenters. The second kappa shape index (κ2) is 4.73. The summed E-state index contributed by atoms with van der Waals surface area (Å²) in [6.07, 6.45) is 0. The second-order valence-corrected chi connectivity index (χ2v) is 2.60. The van der Waals surface area contributed by atoms with E-state index in [1.165, 1.54) is 0 Å². The molecule has 0 aliphatic heterocycles. The molecule has 11 heavy (non-hydrogen) atoms. The third kappa shape index (κ3) is 3.03. The number of nitriles is 1. The van der Waals surface area contributed by atoms with E-state index in [0.717, 1.165) is 0 Å². The zero-order chi connectivity index (χ0) is 8.85. The van der Waals surface area contributed by atoms with E-state index in [-0.39, 0.29) is 5.92 Å². The van der Waals surface area contributed by atoms with Crippen molar-refractivity contribution in [3.05, 3.63) is 0 Å². The normalized spacial score (nSPS) is 12.3. The van der Waals surface area contributed by atoms with Gasteiger partial charge < -0.3 is 4.74 Å². The highest BCUT2D eigenvalue weighted by atomic mass is 16.5. The van der Waals surface area contributed by atoms with Gasteiger partial charge in [-0.15, -0.1) is 0 Å². The van der Waals surface area contributed by atoms with Crippen LogP contribution in [0.5, 0.6) is 0 Å². The lowest BCUT2D eigenvalue weighted by Gasteiger charge is -2.10. The fraction of sp³-hybridized carbons (Fsp3) is 0.750. The van der Waals surface area contributed by atoms with E-state index >= 15 is 0 Å². The first kappa shape index (κ1) is 9.96. The lowest BCUT2D eigenvalue weighted by atomic mass is 9.98. The number of esters is 1. The molecule has 0 saturated carbocycles. The smallest absolute Gasteiger partial charge is 0.323 e. The molecule has 0 N–H and O–H groups in total. The van der Waals surface area contributed by atoms with Crippen molar-refractivity contribution < 1.29 is 9.53 Å². The third-order valence-corrected chi connectivity index (χ3v) is 1.35. The van der Waals surface area contributed by atoms with Gasteiger partial charge in [-0.05, 0) is 12.8 Å². The minimum atomic E-state index is -0.616. The van der Waals surface area contributed by atoms with Gasteiger partial charge in [-0.1, -0.05) is 13.8 Å². The molecule has 0 amide bonds. The molecule has 3 nitrogen and oxygen atoms in total. The maximum absolute atomic E-state index is 11.0. The Kier molecular flexibility index (Phi) is 4.28. The summed E-state index contributed by atoms with van der Waals surface area (Å²) in [5.41, 5.74) is 0. The molecule has 62 valence electrons. The zero-order valence-electron chi connectivity index (χ0n) is 7.13. The van der Waals surface area contributed by atoms with Crippen molar-refractivity contribution in [1.82, 2.24) is 0 Å². The topological polar surface area (TPSA) is 50.1 Å². The standard InChI is InChI=1S/C8H13NO2/c1-4-11-8(10)7(5-9)6(2)3/h6-7H,4H2,1-3H3/t7-/m1/s1. The summed E-state index contributed by atoms with van der Waals surface area (Å²) in [5, 5.41) is 8.54. The Bertz CT molecular complexity index is 169. The predicted octanol–water partition coefficient (Wildman–Crippen LogP) is 1.35. The molecule has 3 heteroatoms. The number of carbonyl (C=O) groups is 1. The van der Waals surface area contributed by atoms with Gasteiger partial charge in [0.2, 0.25) is 0 Å². The number of rotatable bonds is 3. The van der Waals surface area contributed by atoms with Crippen molar-refractivity contribution >= 4 is 5.97 Å². The Morgan fingerprint density at radius 3 is 2.45 bits per heavy atom. The summed E-state index contributed by atoms with van der Waals surface area (Å²) in [6.45, 7) is 5.71. The number of nitrogens with zero attached hydrogens (tertiary/aromatic N) is 1. The average Bonchev–Trinajstić information content (AvgIpc) is 1.88. The van der Waals surface area contributed by atoms with E-state index in [1.54, 1.807) is 6.92 Å². The van der Waals surface area contributed by atoms with Crippen LogP contribution in [0.1, 0.15) is 20.8 Å². The van der Waals surface area contributed by atoms with Gasteiger partial charge in [-0.2, -0.15) is 5.26 Å². The highest BCUT2D eigenvalue weighted by Gasteiger charge is 2.22. The minimum absolute atomic E-state index is 0.0269. The van der Waals surface area contributed by atoms with Gasteiger partial charge in [0.25, 0.3) is 0 Å². The number of carbonyl (C=O) groups excluding carboxylic acids is 1. The Balaban J connectivity index is 4.06. The van der Waals surface area contributed by atoms with E-state index in [2.05, 4.69) is 0 Å². The van der Waals surface area contributed by atoms with Gasteiger partial charge >= 0.3 is 5.97 Å². The minimum Gasteiger partial charge on any atom is -0.465 e. The molecule has 0 aromatic carbocycles. The van der Waals surface area contributed by atoms with Crippen LogP contribution in [-0.2, 0) is 9.53 Å². The molecule has 0 saturated heterocycles. The van der Waals surface area contributed by atoms with E-state index < -0.39 is 11.9 Å². The van der Waals surface area contributed by atoms with Crippen molar-refractivity contribution in [2.24, 2.45) is 11.8 Å². The molecule has 0 unspecified atom stereocenters. The molecule has 0 aliphatic carbocycles. The first-order chi connectivity index (χ1) is 5.13. The largest absolute Gasteiger partial charge is 0.465 e. The van der Waals surface area contributed by atoms with Gasteiger partial charge in [-0.3, -0.25) is 4.79 Å². The Morgan fingerprint density at radius 1 is 1.64 bits per heavy atom. The Labute approximate surface area is 67.0 Å². The number of ether oxygens (including phenoxy) is 1. The molecule has 0 rings (SSSR count). The van der Waals surface area contributed by atoms with E-state index in [4.69, 9.17) is 10.00 Å². The first-order valence-corrected chi connectivity index (χ1v) is 3.69. The highest BCUT2D eigenvalue weighted by Crippen LogP contribution is 2.10. The second-order valence-electron chi connectivity index (χ2n) is 2.60. The van der Waals surface area contributed by atoms with Crippen LogP contribution < -0.4 is 0 Å². The van der Waals surface area contributed by atoms with Crippen molar-refractivity contribution in [2.75, 3.05) is 6.61 Å².